The number of aliphatic hydroxyl groups excluding tert-OH is 2. The van der Waals surface area contributed by atoms with Gasteiger partial charge in [-0.3, -0.25) is 9.59 Å². The fourth-order valence-corrected chi connectivity index (χ4v) is 3.18. The Balaban J connectivity index is 2.44. The lowest BCUT2D eigenvalue weighted by atomic mass is 10.00. The number of hydrogen-bond acceptors (Lipinski definition) is 7. The predicted octanol–water partition coefficient (Wildman–Crippen LogP) is 0.139. The molecule has 0 aliphatic carbocycles. The summed E-state index contributed by atoms with van der Waals surface area (Å²) in [5.41, 5.74) is 0.686. The molecule has 0 saturated heterocycles. The minimum atomic E-state index is -0.815. The molecule has 1 aromatic heterocycles. The van der Waals surface area contributed by atoms with Gasteiger partial charge in [0.15, 0.2) is 0 Å². The molecule has 0 spiro atoms. The van der Waals surface area contributed by atoms with E-state index in [9.17, 15) is 19.8 Å². The van der Waals surface area contributed by atoms with E-state index in [0.717, 1.165) is 0 Å². The number of carbonyl (C=O) groups is 2. The highest BCUT2D eigenvalue weighted by Crippen LogP contribution is 2.27. The molecule has 0 fully saturated rings. The number of rotatable bonds is 6. The van der Waals surface area contributed by atoms with Crippen LogP contribution in [-0.4, -0.2) is 95.5 Å². The van der Waals surface area contributed by atoms with Crippen molar-refractivity contribution < 1.29 is 29.3 Å². The van der Waals surface area contributed by atoms with Crippen molar-refractivity contribution in [3.05, 3.63) is 23.4 Å². The van der Waals surface area contributed by atoms with Crippen LogP contribution in [0.1, 0.15) is 36.7 Å². The molecule has 170 valence electrons. The number of hydrogen-bond donors (Lipinski definition) is 2. The summed E-state index contributed by atoms with van der Waals surface area (Å²) in [6, 6.07) is 1.16. The van der Waals surface area contributed by atoms with E-state index >= 15 is 0 Å². The maximum Gasteiger partial charge on any atom is 0.259 e. The highest BCUT2D eigenvalue weighted by atomic mass is 16.5. The average Bonchev–Trinajstić information content (AvgIpc) is 2.74. The van der Waals surface area contributed by atoms with Crippen molar-refractivity contribution in [2.24, 2.45) is 5.92 Å². The third-order valence-electron chi connectivity index (χ3n) is 5.09. The van der Waals surface area contributed by atoms with Crippen LogP contribution in [-0.2, 0) is 9.53 Å². The van der Waals surface area contributed by atoms with Crippen LogP contribution in [0.25, 0.3) is 0 Å². The normalized spacial score (nSPS) is 20.4. The first-order chi connectivity index (χ1) is 14.7. The molecular formula is C22H31N3O6. The Kier molecular flexibility index (Phi) is 8.80. The minimum absolute atomic E-state index is 0.0378. The van der Waals surface area contributed by atoms with Gasteiger partial charge in [0.05, 0.1) is 19.2 Å². The Hall–Kier alpha value is -2.67. The Morgan fingerprint density at radius 1 is 1.48 bits per heavy atom. The third kappa shape index (κ3) is 6.40. The minimum Gasteiger partial charge on any atom is -0.472 e. The SMILES string of the molecule is COCC(=O)N(C)C[C@@H]1Oc2ncc(C#C[C@@H](C)O)cc2C(=O)N([C@H](C)CO)C[C@H]1C. The van der Waals surface area contributed by atoms with Gasteiger partial charge in [0.1, 0.15) is 24.4 Å². The van der Waals surface area contributed by atoms with Crippen LogP contribution >= 0.6 is 0 Å². The van der Waals surface area contributed by atoms with Gasteiger partial charge in [-0.05, 0) is 19.9 Å². The summed E-state index contributed by atoms with van der Waals surface area (Å²) in [5.74, 6) is 4.91. The van der Waals surface area contributed by atoms with Gasteiger partial charge in [-0.15, -0.1) is 0 Å². The van der Waals surface area contributed by atoms with Crippen LogP contribution in [0.2, 0.25) is 0 Å². The average molecular weight is 434 g/mol. The standard InChI is InChI=1S/C22H31N3O6/c1-14-10-25(15(2)12-26)22(29)18-8-17(7-6-16(3)27)9-23-21(18)31-19(14)11-24(4)20(28)13-30-5/h8-9,14-16,19,26-27H,10-13H2,1-5H3/t14-,15-,16-,19+/m1/s1. The number of fused-ring (bicyclic) bond motifs is 1. The first-order valence-corrected chi connectivity index (χ1v) is 10.2. The summed E-state index contributed by atoms with van der Waals surface area (Å²) < 4.78 is 11.0. The molecule has 0 aromatic carbocycles. The second-order valence-corrected chi connectivity index (χ2v) is 7.85. The summed E-state index contributed by atoms with van der Waals surface area (Å²) in [4.78, 5) is 32.8. The molecule has 0 unspecified atom stereocenters. The molecule has 31 heavy (non-hydrogen) atoms. The fraction of sp³-hybridized carbons (Fsp3) is 0.591. The van der Waals surface area contributed by atoms with Gasteiger partial charge in [0, 0.05) is 38.4 Å². The van der Waals surface area contributed by atoms with Crippen molar-refractivity contribution in [1.82, 2.24) is 14.8 Å². The predicted molar refractivity (Wildman–Crippen MR) is 113 cm³/mol. The Morgan fingerprint density at radius 3 is 2.81 bits per heavy atom. The molecule has 1 aliphatic rings. The molecule has 0 bridgehead atoms. The largest absolute Gasteiger partial charge is 0.472 e. The van der Waals surface area contributed by atoms with Gasteiger partial charge in [-0.25, -0.2) is 4.98 Å². The summed E-state index contributed by atoms with van der Waals surface area (Å²) in [7, 11) is 3.12. The van der Waals surface area contributed by atoms with Gasteiger partial charge in [-0.2, -0.15) is 0 Å². The number of pyridine rings is 1. The van der Waals surface area contributed by atoms with E-state index in [1.807, 2.05) is 6.92 Å². The maximum atomic E-state index is 13.3. The van der Waals surface area contributed by atoms with E-state index in [0.29, 0.717) is 12.1 Å². The van der Waals surface area contributed by atoms with E-state index in [1.54, 1.807) is 31.9 Å². The number of likely N-dealkylation sites (N-methyl/N-ethyl adjacent to an activating group) is 1. The van der Waals surface area contributed by atoms with E-state index in [1.165, 1.54) is 18.2 Å². The zero-order valence-electron chi connectivity index (χ0n) is 18.7. The number of amides is 2. The molecule has 0 saturated carbocycles. The van der Waals surface area contributed by atoms with E-state index in [4.69, 9.17) is 9.47 Å². The summed E-state index contributed by atoms with van der Waals surface area (Å²) >= 11 is 0. The number of aliphatic hydroxyl groups is 2. The molecule has 0 radical (unpaired) electrons. The second kappa shape index (κ2) is 11.1. The lowest BCUT2D eigenvalue weighted by Gasteiger charge is -2.37. The van der Waals surface area contributed by atoms with E-state index < -0.39 is 18.2 Å². The van der Waals surface area contributed by atoms with Crippen molar-refractivity contribution >= 4 is 11.8 Å². The van der Waals surface area contributed by atoms with Crippen molar-refractivity contribution in [1.29, 1.82) is 0 Å². The molecule has 2 rings (SSSR count). The molecule has 2 heterocycles. The maximum absolute atomic E-state index is 13.3. The van der Waals surface area contributed by atoms with Gasteiger partial charge in [-0.1, -0.05) is 18.8 Å². The first kappa shape index (κ1) is 24.6. The van der Waals surface area contributed by atoms with Gasteiger partial charge < -0.3 is 29.5 Å². The molecular weight excluding hydrogens is 402 g/mol. The van der Waals surface area contributed by atoms with Crippen molar-refractivity contribution in [3.63, 3.8) is 0 Å². The zero-order chi connectivity index (χ0) is 23.1. The monoisotopic (exact) mass is 433 g/mol. The van der Waals surface area contributed by atoms with Crippen molar-refractivity contribution in [3.8, 4) is 17.7 Å². The summed E-state index contributed by atoms with van der Waals surface area (Å²) in [6.45, 7) is 5.62. The lowest BCUT2D eigenvalue weighted by molar-refractivity contribution is -0.135. The molecule has 9 nitrogen and oxygen atoms in total. The van der Waals surface area contributed by atoms with Crippen LogP contribution < -0.4 is 4.74 Å². The number of carbonyl (C=O) groups excluding carboxylic acids is 2. The van der Waals surface area contributed by atoms with Gasteiger partial charge in [0.2, 0.25) is 11.8 Å². The van der Waals surface area contributed by atoms with E-state index in [2.05, 4.69) is 16.8 Å². The third-order valence-corrected chi connectivity index (χ3v) is 5.09. The smallest absolute Gasteiger partial charge is 0.259 e. The molecule has 2 N–H and O–H groups in total. The van der Waals surface area contributed by atoms with Crippen molar-refractivity contribution in [2.45, 2.75) is 39.0 Å². The molecule has 1 aliphatic heterocycles. The highest BCUT2D eigenvalue weighted by molar-refractivity contribution is 5.97. The highest BCUT2D eigenvalue weighted by Gasteiger charge is 2.34. The summed E-state index contributed by atoms with van der Waals surface area (Å²) in [6.07, 6.45) is 0.225. The van der Waals surface area contributed by atoms with Gasteiger partial charge in [0.25, 0.3) is 5.91 Å². The van der Waals surface area contributed by atoms with Crippen molar-refractivity contribution in [2.75, 3.05) is 40.5 Å². The topological polar surface area (TPSA) is 112 Å². The second-order valence-electron chi connectivity index (χ2n) is 7.85. The van der Waals surface area contributed by atoms with Crippen LogP contribution in [0.5, 0.6) is 5.88 Å². The quantitative estimate of drug-likeness (QED) is 0.614. The molecule has 4 atom stereocenters. The molecule has 2 amide bonds. The Morgan fingerprint density at radius 2 is 2.19 bits per heavy atom. The van der Waals surface area contributed by atoms with E-state index in [-0.39, 0.29) is 48.9 Å². The molecule has 9 heteroatoms. The first-order valence-electron chi connectivity index (χ1n) is 10.2. The number of aromatic nitrogens is 1. The molecule has 1 aromatic rings. The van der Waals surface area contributed by atoms with Gasteiger partial charge >= 0.3 is 0 Å². The number of ether oxygens (including phenoxy) is 2. The Labute approximate surface area is 183 Å². The Bertz CT molecular complexity index is 847. The van der Waals surface area contributed by atoms with Crippen LogP contribution in [0.3, 0.4) is 0 Å². The fourth-order valence-electron chi connectivity index (χ4n) is 3.18. The van der Waals surface area contributed by atoms with Crippen LogP contribution in [0.4, 0.5) is 0 Å². The van der Waals surface area contributed by atoms with Crippen LogP contribution in [0.15, 0.2) is 12.3 Å². The zero-order valence-corrected chi connectivity index (χ0v) is 18.7. The summed E-state index contributed by atoms with van der Waals surface area (Å²) in [5, 5.41) is 19.1. The number of methoxy groups -OCH3 is 1. The number of nitrogens with zero attached hydrogens (tertiary/aromatic N) is 3. The van der Waals surface area contributed by atoms with Crippen LogP contribution in [0, 0.1) is 17.8 Å². The lowest BCUT2D eigenvalue weighted by Crippen LogP contribution is -2.50.